The molecule has 1 N–H and O–H groups in total. The van der Waals surface area contributed by atoms with E-state index >= 15 is 0 Å². The van der Waals surface area contributed by atoms with Gasteiger partial charge in [-0.2, -0.15) is 0 Å². The molecule has 0 atom stereocenters. The molecule has 146 valence electrons. The van der Waals surface area contributed by atoms with Crippen LogP contribution in [0.4, 0.5) is 0 Å². The highest BCUT2D eigenvalue weighted by Crippen LogP contribution is 2.30. The number of hydrogen-bond acceptors (Lipinski definition) is 4. The number of fused-ring (bicyclic) bond motifs is 1. The lowest BCUT2D eigenvalue weighted by Gasteiger charge is -2.12. The second-order valence-corrected chi connectivity index (χ2v) is 6.18. The highest BCUT2D eigenvalue weighted by molar-refractivity contribution is 5.84. The van der Waals surface area contributed by atoms with Crippen molar-refractivity contribution in [3.8, 4) is 17.1 Å². The Morgan fingerprint density at radius 3 is 2.44 bits per heavy atom. The molecule has 0 saturated carbocycles. The van der Waals surface area contributed by atoms with Crippen molar-refractivity contribution in [3.05, 3.63) is 41.2 Å². The Morgan fingerprint density at radius 1 is 1.07 bits per heavy atom. The molecule has 0 amide bonds. The van der Waals surface area contributed by atoms with Crippen molar-refractivity contribution in [3.63, 3.8) is 0 Å². The number of aryl methyl sites for hydroxylation is 3. The second kappa shape index (κ2) is 9.51. The molecule has 0 aliphatic carbocycles. The van der Waals surface area contributed by atoms with E-state index in [-0.39, 0.29) is 6.61 Å². The van der Waals surface area contributed by atoms with Gasteiger partial charge in [0.15, 0.2) is 0 Å². The van der Waals surface area contributed by atoms with Crippen LogP contribution in [0.15, 0.2) is 24.4 Å². The minimum Gasteiger partial charge on any atom is -0.478 e. The van der Waals surface area contributed by atoms with Crippen molar-refractivity contribution in [2.75, 3.05) is 13.2 Å². The first-order valence-corrected chi connectivity index (χ1v) is 9.80. The number of hydrogen-bond donors (Lipinski definition) is 1. The van der Waals surface area contributed by atoms with Gasteiger partial charge in [0.05, 0.1) is 35.6 Å². The number of pyridine rings is 2. The van der Waals surface area contributed by atoms with Crippen molar-refractivity contribution in [1.29, 1.82) is 0 Å². The van der Waals surface area contributed by atoms with E-state index < -0.39 is 0 Å². The van der Waals surface area contributed by atoms with Gasteiger partial charge < -0.3 is 14.4 Å². The quantitative estimate of drug-likeness (QED) is 0.684. The Kier molecular flexibility index (Phi) is 7.36. The van der Waals surface area contributed by atoms with Crippen LogP contribution in [0.1, 0.15) is 44.5 Å². The summed E-state index contributed by atoms with van der Waals surface area (Å²) >= 11 is 0. The van der Waals surface area contributed by atoms with E-state index in [0.717, 1.165) is 45.5 Å². The smallest absolute Gasteiger partial charge is 0.213 e. The molecule has 3 aromatic heterocycles. The van der Waals surface area contributed by atoms with E-state index in [1.807, 2.05) is 33.0 Å². The first-order chi connectivity index (χ1) is 13.1. The summed E-state index contributed by atoms with van der Waals surface area (Å²) in [5, 5.41) is 9.27. The van der Waals surface area contributed by atoms with E-state index in [1.165, 1.54) is 0 Å². The summed E-state index contributed by atoms with van der Waals surface area (Å²) in [6, 6.07) is 6.11. The number of ether oxygens (including phenoxy) is 1. The molecule has 3 rings (SSSR count). The van der Waals surface area contributed by atoms with Gasteiger partial charge in [0, 0.05) is 24.4 Å². The minimum atomic E-state index is 0.118. The summed E-state index contributed by atoms with van der Waals surface area (Å²) in [4.78, 5) is 9.58. The van der Waals surface area contributed by atoms with Crippen LogP contribution in [0.2, 0.25) is 0 Å². The van der Waals surface area contributed by atoms with Crippen molar-refractivity contribution < 1.29 is 9.84 Å². The molecule has 0 unspecified atom stereocenters. The van der Waals surface area contributed by atoms with Gasteiger partial charge in [0.25, 0.3) is 0 Å². The third kappa shape index (κ3) is 4.30. The van der Waals surface area contributed by atoms with Crippen molar-refractivity contribution in [1.82, 2.24) is 14.5 Å². The van der Waals surface area contributed by atoms with Gasteiger partial charge in [-0.25, -0.2) is 9.97 Å². The Hall–Kier alpha value is -2.40. The van der Waals surface area contributed by atoms with Crippen LogP contribution in [-0.4, -0.2) is 32.9 Å². The molecule has 3 heterocycles. The van der Waals surface area contributed by atoms with E-state index in [1.54, 1.807) is 0 Å². The predicted octanol–water partition coefficient (Wildman–Crippen LogP) is 4.69. The Morgan fingerprint density at radius 2 is 1.81 bits per heavy atom. The monoisotopic (exact) mass is 369 g/mol. The van der Waals surface area contributed by atoms with Gasteiger partial charge in [0.1, 0.15) is 0 Å². The van der Waals surface area contributed by atoms with Crippen molar-refractivity contribution in [2.24, 2.45) is 0 Å². The van der Waals surface area contributed by atoms with E-state index in [2.05, 4.69) is 42.5 Å². The summed E-state index contributed by atoms with van der Waals surface area (Å²) in [6.45, 7) is 13.5. The first-order valence-electron chi connectivity index (χ1n) is 9.80. The molecule has 0 fully saturated rings. The third-order valence-corrected chi connectivity index (χ3v) is 4.40. The molecule has 0 aliphatic rings. The van der Waals surface area contributed by atoms with E-state index in [9.17, 15) is 5.11 Å². The largest absolute Gasteiger partial charge is 0.478 e. The number of nitrogens with zero attached hydrogens (tertiary/aromatic N) is 3. The Bertz CT molecular complexity index is 900. The molecule has 0 radical (unpaired) electrons. The maximum atomic E-state index is 9.27. The number of aliphatic hydroxyl groups excluding tert-OH is 1. The van der Waals surface area contributed by atoms with Gasteiger partial charge >= 0.3 is 0 Å². The highest BCUT2D eigenvalue weighted by atomic mass is 16.5. The van der Waals surface area contributed by atoms with Crippen LogP contribution in [0.5, 0.6) is 5.88 Å². The van der Waals surface area contributed by atoms with E-state index in [4.69, 9.17) is 9.72 Å². The topological polar surface area (TPSA) is 60.2 Å². The molecule has 0 aromatic carbocycles. The summed E-state index contributed by atoms with van der Waals surface area (Å²) in [5.41, 5.74) is 7.26. The van der Waals surface area contributed by atoms with Gasteiger partial charge in [-0.3, -0.25) is 0 Å². The zero-order chi connectivity index (χ0) is 20.0. The lowest BCUT2D eigenvalue weighted by atomic mass is 10.0. The fourth-order valence-corrected chi connectivity index (χ4v) is 3.23. The van der Waals surface area contributed by atoms with Crippen LogP contribution < -0.4 is 4.74 Å². The van der Waals surface area contributed by atoms with Crippen LogP contribution in [0.3, 0.4) is 0 Å². The lowest BCUT2D eigenvalue weighted by molar-refractivity contribution is 0.278. The Labute approximate surface area is 162 Å². The highest BCUT2D eigenvalue weighted by Gasteiger charge is 2.15. The average Bonchev–Trinajstić information content (AvgIpc) is 2.98. The predicted molar refractivity (Wildman–Crippen MR) is 111 cm³/mol. The first kappa shape index (κ1) is 20.9. The zero-order valence-corrected chi connectivity index (χ0v) is 17.3. The Balaban J connectivity index is 0.00000126. The third-order valence-electron chi connectivity index (χ3n) is 4.40. The summed E-state index contributed by atoms with van der Waals surface area (Å²) in [5.74, 6) is 0.659. The molecule has 0 bridgehead atoms. The van der Waals surface area contributed by atoms with Crippen LogP contribution in [0, 0.1) is 13.8 Å². The SMILES string of the molecule is CC.CCOc1ccc(-c2nc3c(C)cn(CCO)c3cc2C)c(CC)n1. The normalized spacial score (nSPS) is 10.6. The van der Waals surface area contributed by atoms with Gasteiger partial charge in [-0.1, -0.05) is 20.8 Å². The maximum absolute atomic E-state index is 9.27. The second-order valence-electron chi connectivity index (χ2n) is 6.18. The number of aromatic nitrogens is 3. The summed E-state index contributed by atoms with van der Waals surface area (Å²) < 4.78 is 7.59. The van der Waals surface area contributed by atoms with Gasteiger partial charge in [-0.15, -0.1) is 0 Å². The maximum Gasteiger partial charge on any atom is 0.213 e. The van der Waals surface area contributed by atoms with Gasteiger partial charge in [0.2, 0.25) is 5.88 Å². The fraction of sp³-hybridized carbons (Fsp3) is 0.455. The molecular formula is C22H31N3O2. The summed E-state index contributed by atoms with van der Waals surface area (Å²) in [6.07, 6.45) is 2.87. The van der Waals surface area contributed by atoms with Crippen molar-refractivity contribution >= 4 is 11.0 Å². The molecule has 5 heteroatoms. The fourth-order valence-electron chi connectivity index (χ4n) is 3.23. The number of rotatable bonds is 6. The van der Waals surface area contributed by atoms with E-state index in [0.29, 0.717) is 19.0 Å². The van der Waals surface area contributed by atoms with Crippen molar-refractivity contribution in [2.45, 2.75) is 54.5 Å². The van der Waals surface area contributed by atoms with Gasteiger partial charge in [-0.05, 0) is 50.5 Å². The molecule has 0 spiro atoms. The molecule has 0 aliphatic heterocycles. The summed E-state index contributed by atoms with van der Waals surface area (Å²) in [7, 11) is 0. The standard InChI is InChI=1S/C20H25N3O2.C2H6/c1-5-16-15(7-8-18(21-16)25-6-2)19-13(3)11-17-20(22-19)14(4)12-23(17)9-10-24;1-2/h7-8,11-12,24H,5-6,9-10H2,1-4H3;1-2H3. The molecular weight excluding hydrogens is 338 g/mol. The lowest BCUT2D eigenvalue weighted by Crippen LogP contribution is -2.02. The van der Waals surface area contributed by atoms with Crippen LogP contribution in [0.25, 0.3) is 22.3 Å². The van der Waals surface area contributed by atoms with Crippen LogP contribution in [-0.2, 0) is 13.0 Å². The molecule has 27 heavy (non-hydrogen) atoms. The zero-order valence-electron chi connectivity index (χ0n) is 17.3. The molecule has 0 saturated heterocycles. The number of aliphatic hydroxyl groups is 1. The van der Waals surface area contributed by atoms with Crippen LogP contribution >= 0.6 is 0 Å². The molecule has 5 nitrogen and oxygen atoms in total. The average molecular weight is 370 g/mol. The molecule has 3 aromatic rings. The minimum absolute atomic E-state index is 0.118.